The lowest BCUT2D eigenvalue weighted by molar-refractivity contribution is 0.0271. The highest BCUT2D eigenvalue weighted by Gasteiger charge is 2.15. The molecule has 1 N–H and O–H groups in total. The van der Waals surface area contributed by atoms with Gasteiger partial charge in [-0.25, -0.2) is 0 Å². The molecule has 0 amide bonds. The fourth-order valence-corrected chi connectivity index (χ4v) is 3.74. The first-order chi connectivity index (χ1) is 7.95. The zero-order valence-corrected chi connectivity index (χ0v) is 11.1. The van der Waals surface area contributed by atoms with Crippen LogP contribution in [0.15, 0.2) is 0 Å². The summed E-state index contributed by atoms with van der Waals surface area (Å²) in [4.78, 5) is 0. The molecule has 0 unspecified atom stereocenters. The molecular weight excluding hydrogens is 218 g/mol. The molecule has 0 radical (unpaired) electrons. The average molecular weight is 243 g/mol. The Morgan fingerprint density at radius 1 is 1.12 bits per heavy atom. The van der Waals surface area contributed by atoms with Crippen LogP contribution in [0.5, 0.6) is 0 Å². The zero-order valence-electron chi connectivity index (χ0n) is 10.2. The molecule has 3 heteroatoms. The topological polar surface area (TPSA) is 21.3 Å². The predicted molar refractivity (Wildman–Crippen MR) is 71.2 cm³/mol. The predicted octanol–water partition coefficient (Wildman–Crippen LogP) is 2.82. The Bertz CT molecular complexity index is 177. The van der Waals surface area contributed by atoms with E-state index in [0.29, 0.717) is 6.10 Å². The molecule has 0 bridgehead atoms. The molecule has 1 saturated heterocycles. The fraction of sp³-hybridized carbons (Fsp3) is 1.00. The summed E-state index contributed by atoms with van der Waals surface area (Å²) in [5, 5.41) is 3.62. The van der Waals surface area contributed by atoms with Crippen LogP contribution in [0.2, 0.25) is 0 Å². The Morgan fingerprint density at radius 3 is 2.75 bits per heavy atom. The summed E-state index contributed by atoms with van der Waals surface area (Å²) < 4.78 is 5.90. The number of ether oxygens (including phenoxy) is 1. The molecule has 1 aliphatic carbocycles. The van der Waals surface area contributed by atoms with Gasteiger partial charge in [0.15, 0.2) is 0 Å². The second-order valence-corrected chi connectivity index (χ2v) is 6.15. The molecule has 0 aromatic heterocycles. The second kappa shape index (κ2) is 7.57. The number of nitrogens with one attached hydrogen (secondary N) is 1. The Kier molecular flexibility index (Phi) is 6.02. The monoisotopic (exact) mass is 243 g/mol. The van der Waals surface area contributed by atoms with Crippen LogP contribution in [-0.4, -0.2) is 36.8 Å². The molecule has 0 aromatic rings. The molecule has 2 aliphatic rings. The van der Waals surface area contributed by atoms with Gasteiger partial charge in [0.2, 0.25) is 0 Å². The molecule has 2 nitrogen and oxygen atoms in total. The highest BCUT2D eigenvalue weighted by Crippen LogP contribution is 2.20. The van der Waals surface area contributed by atoms with Crippen LogP contribution < -0.4 is 5.32 Å². The van der Waals surface area contributed by atoms with Crippen molar-refractivity contribution in [3.63, 3.8) is 0 Å². The smallest absolute Gasteiger partial charge is 0.0575 e. The molecule has 0 aromatic carbocycles. The van der Waals surface area contributed by atoms with Crippen LogP contribution in [0.25, 0.3) is 0 Å². The largest absolute Gasteiger partial charge is 0.378 e. The van der Waals surface area contributed by atoms with Gasteiger partial charge < -0.3 is 10.1 Å². The maximum absolute atomic E-state index is 5.90. The number of hydrogen-bond acceptors (Lipinski definition) is 3. The Labute approximate surface area is 104 Å². The van der Waals surface area contributed by atoms with Crippen molar-refractivity contribution in [1.29, 1.82) is 0 Å². The lowest BCUT2D eigenvalue weighted by atomic mass is 9.98. The van der Waals surface area contributed by atoms with E-state index < -0.39 is 0 Å². The van der Waals surface area contributed by atoms with E-state index in [1.165, 1.54) is 56.5 Å². The second-order valence-electron chi connectivity index (χ2n) is 5.00. The SMILES string of the molecule is C1CCC(OCCCN[C@H]2CCSC2)CC1. The standard InChI is InChI=1S/C13H25NOS/c1-2-5-13(6-3-1)15-9-4-8-14-12-7-10-16-11-12/h12-14H,1-11H2/t12-/m0/s1. The van der Waals surface area contributed by atoms with Crippen molar-refractivity contribution < 1.29 is 4.74 Å². The van der Waals surface area contributed by atoms with Gasteiger partial charge in [0.1, 0.15) is 0 Å². The average Bonchev–Trinajstić information content (AvgIpc) is 2.83. The van der Waals surface area contributed by atoms with Crippen molar-refractivity contribution in [3.05, 3.63) is 0 Å². The van der Waals surface area contributed by atoms with E-state index >= 15 is 0 Å². The van der Waals surface area contributed by atoms with Crippen molar-refractivity contribution in [1.82, 2.24) is 5.32 Å². The molecule has 2 fully saturated rings. The minimum atomic E-state index is 0.579. The Balaban J connectivity index is 1.42. The molecular formula is C13H25NOS. The van der Waals surface area contributed by atoms with Gasteiger partial charge in [0.05, 0.1) is 6.10 Å². The molecule has 1 heterocycles. The van der Waals surface area contributed by atoms with Crippen molar-refractivity contribution >= 4 is 11.8 Å². The van der Waals surface area contributed by atoms with Gasteiger partial charge in [-0.05, 0) is 38.0 Å². The normalized spacial score (nSPS) is 27.4. The lowest BCUT2D eigenvalue weighted by Gasteiger charge is -2.22. The van der Waals surface area contributed by atoms with Crippen LogP contribution in [0, 0.1) is 0 Å². The van der Waals surface area contributed by atoms with Gasteiger partial charge in [0.25, 0.3) is 0 Å². The summed E-state index contributed by atoms with van der Waals surface area (Å²) in [5.41, 5.74) is 0. The Hall–Kier alpha value is 0.270. The van der Waals surface area contributed by atoms with E-state index in [0.717, 1.165) is 19.2 Å². The van der Waals surface area contributed by atoms with Crippen molar-refractivity contribution in [2.24, 2.45) is 0 Å². The summed E-state index contributed by atoms with van der Waals surface area (Å²) >= 11 is 2.07. The van der Waals surface area contributed by atoms with E-state index in [9.17, 15) is 0 Å². The summed E-state index contributed by atoms with van der Waals surface area (Å²) in [7, 11) is 0. The fourth-order valence-electron chi connectivity index (χ4n) is 2.56. The van der Waals surface area contributed by atoms with E-state index in [4.69, 9.17) is 4.74 Å². The summed E-state index contributed by atoms with van der Waals surface area (Å²) in [6.07, 6.45) is 9.88. The van der Waals surface area contributed by atoms with Gasteiger partial charge in [-0.15, -0.1) is 0 Å². The van der Waals surface area contributed by atoms with Gasteiger partial charge in [-0.2, -0.15) is 11.8 Å². The quantitative estimate of drug-likeness (QED) is 0.725. The third kappa shape index (κ3) is 4.64. The lowest BCUT2D eigenvalue weighted by Crippen LogP contribution is -2.30. The van der Waals surface area contributed by atoms with Crippen LogP contribution >= 0.6 is 11.8 Å². The minimum Gasteiger partial charge on any atom is -0.378 e. The van der Waals surface area contributed by atoms with E-state index in [-0.39, 0.29) is 0 Å². The van der Waals surface area contributed by atoms with Crippen molar-refractivity contribution in [3.8, 4) is 0 Å². The van der Waals surface area contributed by atoms with E-state index in [1.807, 2.05) is 0 Å². The third-order valence-corrected chi connectivity index (χ3v) is 4.75. The summed E-state index contributed by atoms with van der Waals surface area (Å²) in [6, 6.07) is 0.777. The highest BCUT2D eigenvalue weighted by atomic mass is 32.2. The first-order valence-electron chi connectivity index (χ1n) is 6.88. The highest BCUT2D eigenvalue weighted by molar-refractivity contribution is 7.99. The van der Waals surface area contributed by atoms with Gasteiger partial charge in [-0.3, -0.25) is 0 Å². The van der Waals surface area contributed by atoms with Gasteiger partial charge >= 0.3 is 0 Å². The number of hydrogen-bond donors (Lipinski definition) is 1. The van der Waals surface area contributed by atoms with Gasteiger partial charge in [0, 0.05) is 18.4 Å². The maximum atomic E-state index is 5.90. The molecule has 1 saturated carbocycles. The van der Waals surface area contributed by atoms with Crippen molar-refractivity contribution in [2.45, 2.75) is 57.1 Å². The molecule has 0 spiro atoms. The van der Waals surface area contributed by atoms with Gasteiger partial charge in [-0.1, -0.05) is 19.3 Å². The van der Waals surface area contributed by atoms with Crippen LogP contribution in [0.4, 0.5) is 0 Å². The molecule has 1 aliphatic heterocycles. The molecule has 16 heavy (non-hydrogen) atoms. The zero-order chi connectivity index (χ0) is 11.1. The van der Waals surface area contributed by atoms with Crippen LogP contribution in [0.1, 0.15) is 44.9 Å². The number of rotatable bonds is 6. The molecule has 2 rings (SSSR count). The Morgan fingerprint density at radius 2 is 2.00 bits per heavy atom. The number of thioether (sulfide) groups is 1. The maximum Gasteiger partial charge on any atom is 0.0575 e. The van der Waals surface area contributed by atoms with E-state index in [2.05, 4.69) is 17.1 Å². The first kappa shape index (κ1) is 12.7. The summed E-state index contributed by atoms with van der Waals surface area (Å²) in [6.45, 7) is 2.09. The third-order valence-electron chi connectivity index (χ3n) is 3.59. The molecule has 94 valence electrons. The van der Waals surface area contributed by atoms with Crippen LogP contribution in [0.3, 0.4) is 0 Å². The minimum absolute atomic E-state index is 0.579. The van der Waals surface area contributed by atoms with Crippen molar-refractivity contribution in [2.75, 3.05) is 24.7 Å². The summed E-state index contributed by atoms with van der Waals surface area (Å²) in [5.74, 6) is 2.65. The first-order valence-corrected chi connectivity index (χ1v) is 8.03. The van der Waals surface area contributed by atoms with E-state index in [1.54, 1.807) is 0 Å². The molecule has 1 atom stereocenters. The van der Waals surface area contributed by atoms with Crippen LogP contribution in [-0.2, 0) is 4.74 Å².